The highest BCUT2D eigenvalue weighted by Crippen LogP contribution is 2.12. The quantitative estimate of drug-likeness (QED) is 0.658. The summed E-state index contributed by atoms with van der Waals surface area (Å²) < 4.78 is 5.13. The van der Waals surface area contributed by atoms with Gasteiger partial charge in [0.05, 0.1) is 0 Å². The van der Waals surface area contributed by atoms with Crippen LogP contribution in [0.1, 0.15) is 11.1 Å². The molecule has 0 unspecified atom stereocenters. The summed E-state index contributed by atoms with van der Waals surface area (Å²) in [6, 6.07) is 16.3. The molecule has 0 bridgehead atoms. The molecule has 5 heteroatoms. The second kappa shape index (κ2) is 7.83. The van der Waals surface area contributed by atoms with E-state index in [9.17, 15) is 9.59 Å². The molecule has 2 rings (SSSR count). The van der Waals surface area contributed by atoms with Crippen molar-refractivity contribution in [3.05, 3.63) is 65.7 Å². The fourth-order valence-corrected chi connectivity index (χ4v) is 1.84. The number of esters is 1. The molecular formula is C17H18N2O3. The SMILES string of the molecule is Cc1cccc(OC(=O)CNC(=O)NCc2ccccc2)c1. The maximum absolute atomic E-state index is 11.6. The van der Waals surface area contributed by atoms with E-state index in [1.807, 2.05) is 43.3 Å². The van der Waals surface area contributed by atoms with Gasteiger partial charge in [-0.1, -0.05) is 42.5 Å². The lowest BCUT2D eigenvalue weighted by molar-refractivity contribution is -0.133. The van der Waals surface area contributed by atoms with E-state index in [1.165, 1.54) is 0 Å². The first kappa shape index (κ1) is 15.6. The maximum atomic E-state index is 11.6. The molecule has 0 radical (unpaired) electrons. The van der Waals surface area contributed by atoms with Crippen LogP contribution in [-0.2, 0) is 11.3 Å². The molecule has 0 aliphatic heterocycles. The van der Waals surface area contributed by atoms with Crippen molar-refractivity contribution >= 4 is 12.0 Å². The minimum absolute atomic E-state index is 0.186. The van der Waals surface area contributed by atoms with Crippen molar-refractivity contribution in [2.45, 2.75) is 13.5 Å². The third-order valence-corrected chi connectivity index (χ3v) is 2.91. The molecule has 5 nitrogen and oxygen atoms in total. The smallest absolute Gasteiger partial charge is 0.330 e. The highest BCUT2D eigenvalue weighted by Gasteiger charge is 2.07. The maximum Gasteiger partial charge on any atom is 0.330 e. The molecular weight excluding hydrogens is 280 g/mol. The van der Waals surface area contributed by atoms with Gasteiger partial charge in [-0.15, -0.1) is 0 Å². The molecule has 0 aromatic heterocycles. The Morgan fingerprint density at radius 1 is 1.00 bits per heavy atom. The van der Waals surface area contributed by atoms with E-state index in [2.05, 4.69) is 10.6 Å². The Bertz CT molecular complexity index is 641. The van der Waals surface area contributed by atoms with E-state index in [1.54, 1.807) is 18.2 Å². The predicted molar refractivity (Wildman–Crippen MR) is 83.5 cm³/mol. The topological polar surface area (TPSA) is 67.4 Å². The summed E-state index contributed by atoms with van der Waals surface area (Å²) in [6.07, 6.45) is 0. The zero-order valence-electron chi connectivity index (χ0n) is 12.3. The molecule has 0 atom stereocenters. The molecule has 0 aliphatic carbocycles. The van der Waals surface area contributed by atoms with Gasteiger partial charge in [-0.05, 0) is 30.2 Å². The summed E-state index contributed by atoms with van der Waals surface area (Å²) in [6.45, 7) is 2.13. The van der Waals surface area contributed by atoms with Gasteiger partial charge in [-0.2, -0.15) is 0 Å². The van der Waals surface area contributed by atoms with Crippen LogP contribution >= 0.6 is 0 Å². The lowest BCUT2D eigenvalue weighted by Gasteiger charge is -2.08. The van der Waals surface area contributed by atoms with Gasteiger partial charge in [-0.25, -0.2) is 9.59 Å². The molecule has 0 heterocycles. The van der Waals surface area contributed by atoms with Crippen molar-refractivity contribution in [3.63, 3.8) is 0 Å². The van der Waals surface area contributed by atoms with Gasteiger partial charge >= 0.3 is 12.0 Å². The lowest BCUT2D eigenvalue weighted by atomic mass is 10.2. The number of hydrogen-bond donors (Lipinski definition) is 2. The number of urea groups is 1. The number of rotatable bonds is 5. The van der Waals surface area contributed by atoms with Crippen LogP contribution in [0.4, 0.5) is 4.79 Å². The summed E-state index contributed by atoms with van der Waals surface area (Å²) >= 11 is 0. The molecule has 22 heavy (non-hydrogen) atoms. The van der Waals surface area contributed by atoms with Crippen molar-refractivity contribution in [1.29, 1.82) is 0 Å². The first-order valence-electron chi connectivity index (χ1n) is 6.96. The monoisotopic (exact) mass is 298 g/mol. The Hall–Kier alpha value is -2.82. The van der Waals surface area contributed by atoms with Crippen LogP contribution in [0, 0.1) is 6.92 Å². The second-order valence-electron chi connectivity index (χ2n) is 4.81. The molecule has 0 spiro atoms. The van der Waals surface area contributed by atoms with Gasteiger partial charge in [0, 0.05) is 6.54 Å². The molecule has 2 aromatic rings. The number of carbonyl (C=O) groups excluding carboxylic acids is 2. The fourth-order valence-electron chi connectivity index (χ4n) is 1.84. The zero-order chi connectivity index (χ0) is 15.8. The van der Waals surface area contributed by atoms with E-state index in [0.717, 1.165) is 11.1 Å². The van der Waals surface area contributed by atoms with E-state index in [4.69, 9.17) is 4.74 Å². The van der Waals surface area contributed by atoms with Crippen LogP contribution in [0.5, 0.6) is 5.75 Å². The van der Waals surface area contributed by atoms with Gasteiger partial charge in [0.2, 0.25) is 0 Å². The van der Waals surface area contributed by atoms with Crippen LogP contribution in [0.3, 0.4) is 0 Å². The lowest BCUT2D eigenvalue weighted by Crippen LogP contribution is -2.39. The number of ether oxygens (including phenoxy) is 1. The van der Waals surface area contributed by atoms with Crippen molar-refractivity contribution in [2.24, 2.45) is 0 Å². The second-order valence-corrected chi connectivity index (χ2v) is 4.81. The molecule has 2 N–H and O–H groups in total. The minimum atomic E-state index is -0.513. The number of carbonyl (C=O) groups is 2. The normalized spacial score (nSPS) is 9.86. The molecule has 114 valence electrons. The zero-order valence-corrected chi connectivity index (χ0v) is 12.3. The Morgan fingerprint density at radius 2 is 1.77 bits per heavy atom. The minimum Gasteiger partial charge on any atom is -0.425 e. The predicted octanol–water partition coefficient (Wildman–Crippen LogP) is 2.40. The van der Waals surface area contributed by atoms with Crippen LogP contribution < -0.4 is 15.4 Å². The molecule has 2 aromatic carbocycles. The molecule has 0 saturated heterocycles. The number of benzene rings is 2. The highest BCUT2D eigenvalue weighted by atomic mass is 16.5. The summed E-state index contributed by atoms with van der Waals surface area (Å²) in [5.74, 6) is -0.0445. The van der Waals surface area contributed by atoms with Crippen LogP contribution in [0.2, 0.25) is 0 Å². The van der Waals surface area contributed by atoms with Crippen molar-refractivity contribution < 1.29 is 14.3 Å². The van der Waals surface area contributed by atoms with Gasteiger partial charge in [0.1, 0.15) is 12.3 Å². The van der Waals surface area contributed by atoms with Crippen molar-refractivity contribution in [1.82, 2.24) is 10.6 Å². The number of hydrogen-bond acceptors (Lipinski definition) is 3. The summed E-state index contributed by atoms with van der Waals surface area (Å²) in [5.41, 5.74) is 1.99. The molecule has 0 saturated carbocycles. The summed E-state index contributed by atoms with van der Waals surface area (Å²) in [4.78, 5) is 23.2. The Morgan fingerprint density at radius 3 is 2.50 bits per heavy atom. The Balaban J connectivity index is 1.70. The standard InChI is InChI=1S/C17H18N2O3/c1-13-6-5-9-15(10-13)22-16(20)12-19-17(21)18-11-14-7-3-2-4-8-14/h2-10H,11-12H2,1H3,(H2,18,19,21). The summed E-state index contributed by atoms with van der Waals surface area (Å²) in [5, 5.41) is 5.13. The van der Waals surface area contributed by atoms with Crippen LogP contribution in [0.25, 0.3) is 0 Å². The van der Waals surface area contributed by atoms with Gasteiger partial charge in [0.15, 0.2) is 0 Å². The average Bonchev–Trinajstić information content (AvgIpc) is 2.52. The van der Waals surface area contributed by atoms with E-state index < -0.39 is 12.0 Å². The van der Waals surface area contributed by atoms with Crippen LogP contribution in [0.15, 0.2) is 54.6 Å². The first-order chi connectivity index (χ1) is 10.6. The largest absolute Gasteiger partial charge is 0.425 e. The van der Waals surface area contributed by atoms with Crippen LogP contribution in [-0.4, -0.2) is 18.5 Å². The van der Waals surface area contributed by atoms with Crippen molar-refractivity contribution in [3.8, 4) is 5.75 Å². The molecule has 2 amide bonds. The van der Waals surface area contributed by atoms with Crippen molar-refractivity contribution in [2.75, 3.05) is 6.54 Å². The number of amides is 2. The third kappa shape index (κ3) is 5.28. The number of aryl methyl sites for hydroxylation is 1. The Labute approximate surface area is 129 Å². The highest BCUT2D eigenvalue weighted by molar-refractivity contribution is 5.81. The molecule has 0 fully saturated rings. The van der Waals surface area contributed by atoms with E-state index in [-0.39, 0.29) is 6.54 Å². The van der Waals surface area contributed by atoms with E-state index in [0.29, 0.717) is 12.3 Å². The van der Waals surface area contributed by atoms with Gasteiger partial charge in [-0.3, -0.25) is 0 Å². The average molecular weight is 298 g/mol. The third-order valence-electron chi connectivity index (χ3n) is 2.91. The van der Waals surface area contributed by atoms with Gasteiger partial charge in [0.25, 0.3) is 0 Å². The van der Waals surface area contributed by atoms with Gasteiger partial charge < -0.3 is 15.4 Å². The summed E-state index contributed by atoms with van der Waals surface area (Å²) in [7, 11) is 0. The molecule has 0 aliphatic rings. The Kier molecular flexibility index (Phi) is 5.54. The van der Waals surface area contributed by atoms with E-state index >= 15 is 0 Å². The first-order valence-corrected chi connectivity index (χ1v) is 6.96. The number of nitrogens with one attached hydrogen (secondary N) is 2. The fraction of sp³-hybridized carbons (Fsp3) is 0.176.